The number of nitrogens with zero attached hydrogens (tertiary/aromatic N) is 2. The van der Waals surface area contributed by atoms with Crippen LogP contribution in [0.4, 0.5) is 5.69 Å². The minimum absolute atomic E-state index is 0.737. The monoisotopic (exact) mass is 280 g/mol. The number of anilines is 1. The van der Waals surface area contributed by atoms with Crippen LogP contribution in [0.25, 0.3) is 0 Å². The maximum Gasteiger partial charge on any atom is 0.150 e. The van der Waals surface area contributed by atoms with Crippen LogP contribution < -0.4 is 4.90 Å². The second-order valence-corrected chi connectivity index (χ2v) is 5.46. The van der Waals surface area contributed by atoms with Gasteiger partial charge < -0.3 is 4.90 Å². The molecule has 3 heteroatoms. The Hall–Kier alpha value is -2.13. The topological polar surface area (TPSA) is 23.6 Å². The van der Waals surface area contributed by atoms with E-state index >= 15 is 0 Å². The van der Waals surface area contributed by atoms with Crippen LogP contribution in [0.1, 0.15) is 15.9 Å². The van der Waals surface area contributed by atoms with Crippen LogP contribution in [0.5, 0.6) is 0 Å². The van der Waals surface area contributed by atoms with Gasteiger partial charge in [-0.1, -0.05) is 30.3 Å². The van der Waals surface area contributed by atoms with Crippen molar-refractivity contribution in [3.05, 3.63) is 65.7 Å². The van der Waals surface area contributed by atoms with E-state index in [4.69, 9.17) is 0 Å². The molecule has 108 valence electrons. The smallest absolute Gasteiger partial charge is 0.150 e. The van der Waals surface area contributed by atoms with Gasteiger partial charge in [-0.15, -0.1) is 0 Å². The number of rotatable bonds is 4. The van der Waals surface area contributed by atoms with Gasteiger partial charge in [0.15, 0.2) is 0 Å². The molecule has 1 aliphatic rings. The summed E-state index contributed by atoms with van der Waals surface area (Å²) in [5.41, 5.74) is 3.32. The fourth-order valence-electron chi connectivity index (χ4n) is 2.77. The molecular weight excluding hydrogens is 260 g/mol. The van der Waals surface area contributed by atoms with Gasteiger partial charge in [0.2, 0.25) is 0 Å². The molecule has 1 fully saturated rings. The van der Waals surface area contributed by atoms with Crippen molar-refractivity contribution in [3.63, 3.8) is 0 Å². The van der Waals surface area contributed by atoms with Crippen molar-refractivity contribution in [2.24, 2.45) is 0 Å². The van der Waals surface area contributed by atoms with E-state index in [1.165, 1.54) is 11.3 Å². The van der Waals surface area contributed by atoms with E-state index in [0.717, 1.165) is 44.6 Å². The largest absolute Gasteiger partial charge is 0.369 e. The number of carbonyl (C=O) groups is 1. The fourth-order valence-corrected chi connectivity index (χ4v) is 2.77. The van der Waals surface area contributed by atoms with Crippen LogP contribution >= 0.6 is 0 Å². The van der Waals surface area contributed by atoms with Gasteiger partial charge in [-0.05, 0) is 29.8 Å². The molecule has 3 rings (SSSR count). The maximum atomic E-state index is 10.7. The number of benzene rings is 2. The number of hydrogen-bond donors (Lipinski definition) is 0. The highest BCUT2D eigenvalue weighted by Gasteiger charge is 2.17. The van der Waals surface area contributed by atoms with Crippen molar-refractivity contribution in [1.82, 2.24) is 4.90 Å². The summed E-state index contributed by atoms with van der Waals surface area (Å²) >= 11 is 0. The van der Waals surface area contributed by atoms with Crippen molar-refractivity contribution in [3.8, 4) is 0 Å². The molecule has 0 spiro atoms. The third kappa shape index (κ3) is 3.50. The van der Waals surface area contributed by atoms with Gasteiger partial charge in [0.25, 0.3) is 0 Å². The third-order valence-electron chi connectivity index (χ3n) is 4.02. The van der Waals surface area contributed by atoms with E-state index in [1.54, 1.807) is 0 Å². The van der Waals surface area contributed by atoms with Crippen molar-refractivity contribution >= 4 is 12.0 Å². The lowest BCUT2D eigenvalue weighted by atomic mass is 10.1. The number of aldehydes is 1. The summed E-state index contributed by atoms with van der Waals surface area (Å²) in [7, 11) is 0. The summed E-state index contributed by atoms with van der Waals surface area (Å²) in [4.78, 5) is 15.6. The number of carbonyl (C=O) groups excluding carboxylic acids is 1. The van der Waals surface area contributed by atoms with Crippen molar-refractivity contribution in [1.29, 1.82) is 0 Å². The fraction of sp³-hybridized carbons (Fsp3) is 0.278. The zero-order valence-corrected chi connectivity index (χ0v) is 12.1. The molecule has 0 N–H and O–H groups in total. The van der Waals surface area contributed by atoms with Crippen LogP contribution in [-0.4, -0.2) is 37.4 Å². The number of hydrogen-bond acceptors (Lipinski definition) is 3. The summed E-state index contributed by atoms with van der Waals surface area (Å²) in [5.74, 6) is 0. The van der Waals surface area contributed by atoms with Gasteiger partial charge in [-0.3, -0.25) is 9.69 Å². The third-order valence-corrected chi connectivity index (χ3v) is 4.02. The lowest BCUT2D eigenvalue weighted by Crippen LogP contribution is -2.45. The Kier molecular flexibility index (Phi) is 4.31. The number of piperazine rings is 1. The molecule has 3 nitrogen and oxygen atoms in total. The highest BCUT2D eigenvalue weighted by molar-refractivity contribution is 5.75. The van der Waals surface area contributed by atoms with E-state index in [0.29, 0.717) is 0 Å². The molecule has 1 aliphatic heterocycles. The van der Waals surface area contributed by atoms with Gasteiger partial charge in [-0.25, -0.2) is 0 Å². The minimum atomic E-state index is 0.737. The van der Waals surface area contributed by atoms with Crippen LogP contribution in [0, 0.1) is 0 Å². The second-order valence-electron chi connectivity index (χ2n) is 5.46. The van der Waals surface area contributed by atoms with Crippen molar-refractivity contribution in [2.45, 2.75) is 6.54 Å². The average molecular weight is 280 g/mol. The molecule has 0 atom stereocenters. The van der Waals surface area contributed by atoms with Crippen LogP contribution in [-0.2, 0) is 6.54 Å². The van der Waals surface area contributed by atoms with Crippen molar-refractivity contribution in [2.75, 3.05) is 31.1 Å². The minimum Gasteiger partial charge on any atom is -0.369 e. The zero-order valence-electron chi connectivity index (χ0n) is 12.1. The van der Waals surface area contributed by atoms with E-state index in [-0.39, 0.29) is 0 Å². The van der Waals surface area contributed by atoms with Gasteiger partial charge in [0, 0.05) is 44.0 Å². The van der Waals surface area contributed by atoms with E-state index in [9.17, 15) is 4.79 Å². The second kappa shape index (κ2) is 6.55. The molecule has 2 aromatic rings. The first-order valence-corrected chi connectivity index (χ1v) is 7.41. The molecular formula is C18H20N2O. The van der Waals surface area contributed by atoms with E-state index < -0.39 is 0 Å². The maximum absolute atomic E-state index is 10.7. The molecule has 1 saturated heterocycles. The Labute approximate surface area is 125 Å². The molecule has 0 amide bonds. The van der Waals surface area contributed by atoms with Gasteiger partial charge in [-0.2, -0.15) is 0 Å². The summed E-state index contributed by atoms with van der Waals surface area (Å²) in [6.45, 7) is 5.24. The average Bonchev–Trinajstić information content (AvgIpc) is 2.57. The molecule has 0 saturated carbocycles. The molecule has 0 aliphatic carbocycles. The Balaban J connectivity index is 1.56. The summed E-state index contributed by atoms with van der Waals surface area (Å²) < 4.78 is 0. The SMILES string of the molecule is O=Cc1ccc(N2CCN(Cc3ccccc3)CC2)cc1. The normalized spacial score (nSPS) is 15.9. The molecule has 0 bridgehead atoms. The highest BCUT2D eigenvalue weighted by atomic mass is 16.1. The quantitative estimate of drug-likeness (QED) is 0.805. The highest BCUT2D eigenvalue weighted by Crippen LogP contribution is 2.17. The van der Waals surface area contributed by atoms with Gasteiger partial charge in [0.1, 0.15) is 6.29 Å². The first kappa shape index (κ1) is 13.8. The molecule has 2 aromatic carbocycles. The molecule has 0 radical (unpaired) electrons. The first-order valence-electron chi connectivity index (χ1n) is 7.41. The summed E-state index contributed by atoms with van der Waals surface area (Å²) in [6, 6.07) is 18.5. The lowest BCUT2D eigenvalue weighted by Gasteiger charge is -2.36. The zero-order chi connectivity index (χ0) is 14.5. The molecule has 0 unspecified atom stereocenters. The Morgan fingerprint density at radius 2 is 1.52 bits per heavy atom. The first-order chi connectivity index (χ1) is 10.3. The lowest BCUT2D eigenvalue weighted by molar-refractivity contribution is 0.112. The van der Waals surface area contributed by atoms with Crippen LogP contribution in [0.15, 0.2) is 54.6 Å². The predicted octanol–water partition coefficient (Wildman–Crippen LogP) is 2.82. The Bertz CT molecular complexity index is 572. The summed E-state index contributed by atoms with van der Waals surface area (Å²) in [6.07, 6.45) is 0.890. The predicted molar refractivity (Wildman–Crippen MR) is 85.8 cm³/mol. The van der Waals surface area contributed by atoms with E-state index in [2.05, 4.69) is 40.1 Å². The van der Waals surface area contributed by atoms with Gasteiger partial charge in [0.05, 0.1) is 0 Å². The van der Waals surface area contributed by atoms with Crippen LogP contribution in [0.3, 0.4) is 0 Å². The molecule has 1 heterocycles. The van der Waals surface area contributed by atoms with E-state index in [1.807, 2.05) is 24.3 Å². The van der Waals surface area contributed by atoms with Crippen LogP contribution in [0.2, 0.25) is 0 Å². The van der Waals surface area contributed by atoms with Gasteiger partial charge >= 0.3 is 0 Å². The van der Waals surface area contributed by atoms with Crippen molar-refractivity contribution < 1.29 is 4.79 Å². The summed E-state index contributed by atoms with van der Waals surface area (Å²) in [5, 5.41) is 0. The Morgan fingerprint density at radius 1 is 0.857 bits per heavy atom. The molecule has 21 heavy (non-hydrogen) atoms. The standard InChI is InChI=1S/C18H20N2O/c21-15-17-6-8-18(9-7-17)20-12-10-19(11-13-20)14-16-4-2-1-3-5-16/h1-9,15H,10-14H2. The Morgan fingerprint density at radius 3 is 2.14 bits per heavy atom. The molecule has 0 aromatic heterocycles.